The van der Waals surface area contributed by atoms with Crippen LogP contribution >= 0.6 is 0 Å². The van der Waals surface area contributed by atoms with E-state index in [9.17, 15) is 4.79 Å². The van der Waals surface area contributed by atoms with Crippen molar-refractivity contribution in [2.45, 2.75) is 38.6 Å². The first-order chi connectivity index (χ1) is 13.1. The summed E-state index contributed by atoms with van der Waals surface area (Å²) in [6.07, 6.45) is 1.38. The number of hydrogen-bond donors (Lipinski definition) is 0. The van der Waals surface area contributed by atoms with E-state index in [1.807, 2.05) is 35.2 Å². The third-order valence-corrected chi connectivity index (χ3v) is 5.50. The van der Waals surface area contributed by atoms with Crippen molar-refractivity contribution in [3.8, 4) is 0 Å². The Balaban J connectivity index is 1.72. The topological polar surface area (TPSA) is 20.3 Å². The predicted octanol–water partition coefficient (Wildman–Crippen LogP) is 5.49. The Kier molecular flexibility index (Phi) is 4.81. The van der Waals surface area contributed by atoms with Crippen molar-refractivity contribution < 1.29 is 4.79 Å². The van der Waals surface area contributed by atoms with Crippen LogP contribution in [-0.2, 0) is 11.2 Å². The normalized spacial score (nSPS) is 18.8. The van der Waals surface area contributed by atoms with Crippen LogP contribution < -0.4 is 4.90 Å². The maximum Gasteiger partial charge on any atom is 0.231 e. The fourth-order valence-electron chi connectivity index (χ4n) is 4.22. The van der Waals surface area contributed by atoms with Crippen LogP contribution in [0.2, 0.25) is 0 Å². The van der Waals surface area contributed by atoms with Crippen molar-refractivity contribution >= 4 is 11.6 Å². The van der Waals surface area contributed by atoms with Crippen molar-refractivity contribution in [2.75, 3.05) is 4.90 Å². The predicted molar refractivity (Wildman–Crippen MR) is 111 cm³/mol. The molecule has 1 amide bonds. The number of amides is 1. The van der Waals surface area contributed by atoms with E-state index in [4.69, 9.17) is 0 Å². The standard InChI is InChI=1S/C25H25NO/c1-18-13-14-24-23(15-18)22(21-11-7-4-8-12-21)16-19(2)26(24)25(27)17-20-9-5-3-6-10-20/h3-15,19,22H,16-17H2,1-2H3. The van der Waals surface area contributed by atoms with Crippen molar-refractivity contribution in [1.29, 1.82) is 0 Å². The van der Waals surface area contributed by atoms with E-state index in [2.05, 4.69) is 62.4 Å². The molecule has 0 saturated carbocycles. The minimum absolute atomic E-state index is 0.168. The molecule has 1 aliphatic heterocycles. The van der Waals surface area contributed by atoms with Crippen LogP contribution in [-0.4, -0.2) is 11.9 Å². The molecule has 0 N–H and O–H groups in total. The van der Waals surface area contributed by atoms with Crippen LogP contribution in [0.5, 0.6) is 0 Å². The molecule has 0 aromatic heterocycles. The highest BCUT2D eigenvalue weighted by molar-refractivity contribution is 5.97. The third kappa shape index (κ3) is 3.52. The van der Waals surface area contributed by atoms with Gasteiger partial charge in [-0.1, -0.05) is 78.4 Å². The number of aryl methyl sites for hydroxylation is 1. The van der Waals surface area contributed by atoms with Gasteiger partial charge >= 0.3 is 0 Å². The van der Waals surface area contributed by atoms with Gasteiger partial charge < -0.3 is 4.90 Å². The summed E-state index contributed by atoms with van der Waals surface area (Å²) in [5.41, 5.74) is 5.95. The second-order valence-corrected chi connectivity index (χ2v) is 7.54. The Morgan fingerprint density at radius 1 is 0.963 bits per heavy atom. The molecule has 3 aromatic rings. The van der Waals surface area contributed by atoms with Crippen molar-refractivity contribution in [2.24, 2.45) is 0 Å². The highest BCUT2D eigenvalue weighted by Gasteiger charge is 2.34. The first-order valence-electron chi connectivity index (χ1n) is 9.65. The minimum atomic E-state index is 0.168. The summed E-state index contributed by atoms with van der Waals surface area (Å²) in [6.45, 7) is 4.29. The van der Waals surface area contributed by atoms with E-state index in [0.29, 0.717) is 12.3 Å². The molecular weight excluding hydrogens is 330 g/mol. The number of hydrogen-bond acceptors (Lipinski definition) is 1. The van der Waals surface area contributed by atoms with Crippen molar-refractivity contribution in [3.05, 3.63) is 101 Å². The van der Waals surface area contributed by atoms with Gasteiger partial charge in [-0.25, -0.2) is 0 Å². The lowest BCUT2D eigenvalue weighted by Gasteiger charge is -2.40. The summed E-state index contributed by atoms with van der Waals surface area (Å²) in [5.74, 6) is 0.502. The van der Waals surface area contributed by atoms with Gasteiger partial charge in [0.25, 0.3) is 0 Å². The van der Waals surface area contributed by atoms with Gasteiger partial charge in [-0.15, -0.1) is 0 Å². The van der Waals surface area contributed by atoms with Gasteiger partial charge in [0.1, 0.15) is 0 Å². The molecule has 1 aliphatic rings. The average Bonchev–Trinajstić information content (AvgIpc) is 2.69. The van der Waals surface area contributed by atoms with E-state index in [0.717, 1.165) is 17.7 Å². The number of anilines is 1. The second-order valence-electron chi connectivity index (χ2n) is 7.54. The average molecular weight is 355 g/mol. The van der Waals surface area contributed by atoms with E-state index in [-0.39, 0.29) is 11.9 Å². The number of nitrogens with zero attached hydrogens (tertiary/aromatic N) is 1. The van der Waals surface area contributed by atoms with Crippen LogP contribution in [0.1, 0.15) is 41.5 Å². The summed E-state index contributed by atoms with van der Waals surface area (Å²) >= 11 is 0. The Labute approximate surface area is 161 Å². The molecule has 4 rings (SSSR count). The number of carbonyl (C=O) groups is 1. The van der Waals surface area contributed by atoms with E-state index < -0.39 is 0 Å². The van der Waals surface area contributed by atoms with Crippen molar-refractivity contribution in [3.63, 3.8) is 0 Å². The lowest BCUT2D eigenvalue weighted by Crippen LogP contribution is -2.44. The van der Waals surface area contributed by atoms with Gasteiger partial charge in [-0.3, -0.25) is 4.79 Å². The summed E-state index contributed by atoms with van der Waals surface area (Å²) in [6, 6.07) is 27.3. The first-order valence-corrected chi connectivity index (χ1v) is 9.65. The van der Waals surface area contributed by atoms with Crippen LogP contribution in [0.25, 0.3) is 0 Å². The van der Waals surface area contributed by atoms with E-state index in [1.165, 1.54) is 16.7 Å². The summed E-state index contributed by atoms with van der Waals surface area (Å²) in [5, 5.41) is 0. The fourth-order valence-corrected chi connectivity index (χ4v) is 4.22. The zero-order valence-corrected chi connectivity index (χ0v) is 15.9. The second kappa shape index (κ2) is 7.40. The van der Waals surface area contributed by atoms with Gasteiger partial charge in [-0.2, -0.15) is 0 Å². The molecule has 0 saturated heterocycles. The van der Waals surface area contributed by atoms with Gasteiger partial charge in [0.05, 0.1) is 6.42 Å². The third-order valence-electron chi connectivity index (χ3n) is 5.50. The largest absolute Gasteiger partial charge is 0.309 e. The monoisotopic (exact) mass is 355 g/mol. The zero-order chi connectivity index (χ0) is 18.8. The van der Waals surface area contributed by atoms with Crippen LogP contribution in [0.15, 0.2) is 78.9 Å². The van der Waals surface area contributed by atoms with Crippen molar-refractivity contribution in [1.82, 2.24) is 0 Å². The molecule has 136 valence electrons. The van der Waals surface area contributed by atoms with Crippen LogP contribution in [0, 0.1) is 6.92 Å². The Bertz CT molecular complexity index is 933. The Morgan fingerprint density at radius 3 is 2.33 bits per heavy atom. The number of fused-ring (bicyclic) bond motifs is 1. The minimum Gasteiger partial charge on any atom is -0.309 e. The maximum absolute atomic E-state index is 13.2. The van der Waals surface area contributed by atoms with E-state index >= 15 is 0 Å². The highest BCUT2D eigenvalue weighted by atomic mass is 16.2. The summed E-state index contributed by atoms with van der Waals surface area (Å²) < 4.78 is 0. The fraction of sp³-hybridized carbons (Fsp3) is 0.240. The molecule has 1 heterocycles. The molecule has 0 spiro atoms. The maximum atomic E-state index is 13.2. The van der Waals surface area contributed by atoms with Crippen LogP contribution in [0.4, 0.5) is 5.69 Å². The summed E-state index contributed by atoms with van der Waals surface area (Å²) in [4.78, 5) is 15.2. The zero-order valence-electron chi connectivity index (χ0n) is 15.9. The SMILES string of the molecule is Cc1ccc2c(c1)C(c1ccccc1)CC(C)N2C(=O)Cc1ccccc1. The highest BCUT2D eigenvalue weighted by Crippen LogP contribution is 2.42. The smallest absolute Gasteiger partial charge is 0.231 e. The molecule has 0 radical (unpaired) electrons. The van der Waals surface area contributed by atoms with Gasteiger partial charge in [0.2, 0.25) is 5.91 Å². The van der Waals surface area contributed by atoms with Gasteiger partial charge in [0, 0.05) is 17.6 Å². The lowest BCUT2D eigenvalue weighted by molar-refractivity contribution is -0.118. The first kappa shape index (κ1) is 17.5. The molecular formula is C25H25NO. The van der Waals surface area contributed by atoms with Gasteiger partial charge in [0.15, 0.2) is 0 Å². The summed E-state index contributed by atoms with van der Waals surface area (Å²) in [7, 11) is 0. The molecule has 0 aliphatic carbocycles. The van der Waals surface area contributed by atoms with E-state index in [1.54, 1.807) is 0 Å². The number of carbonyl (C=O) groups excluding carboxylic acids is 1. The molecule has 2 atom stereocenters. The molecule has 2 nitrogen and oxygen atoms in total. The Hall–Kier alpha value is -2.87. The molecule has 3 aromatic carbocycles. The lowest BCUT2D eigenvalue weighted by atomic mass is 9.80. The molecule has 0 fully saturated rings. The molecule has 0 bridgehead atoms. The quantitative estimate of drug-likeness (QED) is 0.608. The Morgan fingerprint density at radius 2 is 1.63 bits per heavy atom. The number of benzene rings is 3. The molecule has 27 heavy (non-hydrogen) atoms. The molecule has 2 unspecified atom stereocenters. The van der Waals surface area contributed by atoms with Gasteiger partial charge in [-0.05, 0) is 43.0 Å². The number of rotatable bonds is 3. The van der Waals surface area contributed by atoms with Crippen LogP contribution in [0.3, 0.4) is 0 Å². The molecule has 2 heteroatoms.